The Hall–Kier alpha value is -1.45. The number of halogens is 2. The summed E-state index contributed by atoms with van der Waals surface area (Å²) in [7, 11) is 0. The molecule has 2 aromatic rings. The van der Waals surface area contributed by atoms with E-state index in [2.05, 4.69) is 0 Å². The molecule has 1 heterocycles. The van der Waals surface area contributed by atoms with Crippen LogP contribution in [0.15, 0.2) is 35.3 Å². The van der Waals surface area contributed by atoms with E-state index in [0.29, 0.717) is 22.0 Å². The van der Waals surface area contributed by atoms with Gasteiger partial charge in [0.05, 0.1) is 5.56 Å². The minimum absolute atomic E-state index is 0.0188. The second-order valence-electron chi connectivity index (χ2n) is 5.74. The molecule has 1 saturated carbocycles. The predicted molar refractivity (Wildman–Crippen MR) is 89.1 cm³/mol. The van der Waals surface area contributed by atoms with Gasteiger partial charge in [-0.1, -0.05) is 42.1 Å². The first-order chi connectivity index (χ1) is 10.6. The first-order valence-corrected chi connectivity index (χ1v) is 8.19. The van der Waals surface area contributed by atoms with Crippen LogP contribution in [0.4, 0.5) is 0 Å². The summed E-state index contributed by atoms with van der Waals surface area (Å²) < 4.78 is 1.76. The second kappa shape index (κ2) is 6.35. The molecule has 1 fully saturated rings. The van der Waals surface area contributed by atoms with Crippen molar-refractivity contribution in [3.05, 3.63) is 62.0 Å². The van der Waals surface area contributed by atoms with Gasteiger partial charge in [0, 0.05) is 28.7 Å². The number of nitrogens with zero attached hydrogens (tertiary/aromatic N) is 1. The van der Waals surface area contributed by atoms with Crippen LogP contribution in [0.2, 0.25) is 10.0 Å². The lowest BCUT2D eigenvalue weighted by Crippen LogP contribution is -2.26. The van der Waals surface area contributed by atoms with Crippen molar-refractivity contribution >= 4 is 23.2 Å². The number of aromatic nitrogens is 1. The number of benzene rings is 1. The van der Waals surface area contributed by atoms with Gasteiger partial charge >= 0.3 is 0 Å². The van der Waals surface area contributed by atoms with Crippen LogP contribution in [0.3, 0.4) is 0 Å². The fourth-order valence-corrected chi connectivity index (χ4v) is 3.55. The van der Waals surface area contributed by atoms with Gasteiger partial charge in [0.1, 0.15) is 5.75 Å². The van der Waals surface area contributed by atoms with E-state index in [1.54, 1.807) is 35.0 Å². The van der Waals surface area contributed by atoms with E-state index in [-0.39, 0.29) is 17.4 Å². The van der Waals surface area contributed by atoms with Crippen LogP contribution in [0.25, 0.3) is 0 Å². The second-order valence-corrected chi connectivity index (χ2v) is 6.59. The van der Waals surface area contributed by atoms with Crippen LogP contribution in [-0.4, -0.2) is 9.67 Å². The van der Waals surface area contributed by atoms with E-state index in [1.165, 1.54) is 0 Å². The Labute approximate surface area is 139 Å². The SMILES string of the molecule is O=c1c(Cc2ccc(Cl)cc2Cl)c(O)ccn1C1CCCC1. The number of aromatic hydroxyl groups is 1. The number of hydrogen-bond acceptors (Lipinski definition) is 2. The summed E-state index contributed by atoms with van der Waals surface area (Å²) in [6, 6.07) is 7.01. The van der Waals surface area contributed by atoms with Gasteiger partial charge in [0.15, 0.2) is 0 Å². The molecule has 1 N–H and O–H groups in total. The molecule has 3 rings (SSSR count). The van der Waals surface area contributed by atoms with Gasteiger partial charge in [0.2, 0.25) is 0 Å². The Kier molecular flexibility index (Phi) is 4.46. The highest BCUT2D eigenvalue weighted by atomic mass is 35.5. The maximum absolute atomic E-state index is 12.7. The van der Waals surface area contributed by atoms with Crippen LogP contribution in [0.1, 0.15) is 42.9 Å². The third-order valence-corrected chi connectivity index (χ3v) is 4.88. The molecule has 0 aliphatic heterocycles. The summed E-state index contributed by atoms with van der Waals surface area (Å²) in [5.74, 6) is 0.0188. The van der Waals surface area contributed by atoms with Crippen LogP contribution < -0.4 is 5.56 Å². The first-order valence-electron chi connectivity index (χ1n) is 7.43. The highest BCUT2D eigenvalue weighted by Crippen LogP contribution is 2.30. The van der Waals surface area contributed by atoms with Gasteiger partial charge in [0.25, 0.3) is 5.56 Å². The lowest BCUT2D eigenvalue weighted by molar-refractivity contribution is 0.451. The molecule has 116 valence electrons. The monoisotopic (exact) mass is 337 g/mol. The zero-order chi connectivity index (χ0) is 15.7. The van der Waals surface area contributed by atoms with E-state index < -0.39 is 0 Å². The molecule has 0 atom stereocenters. The number of hydrogen-bond donors (Lipinski definition) is 1. The Bertz CT molecular complexity index is 749. The number of rotatable bonds is 3. The smallest absolute Gasteiger partial charge is 0.258 e. The van der Waals surface area contributed by atoms with Crippen LogP contribution in [-0.2, 0) is 6.42 Å². The van der Waals surface area contributed by atoms with Crippen molar-refractivity contribution in [3.63, 3.8) is 0 Å². The van der Waals surface area contributed by atoms with Gasteiger partial charge in [-0.15, -0.1) is 0 Å². The molecule has 0 spiro atoms. The zero-order valence-corrected chi connectivity index (χ0v) is 13.6. The van der Waals surface area contributed by atoms with E-state index in [1.807, 2.05) is 0 Å². The lowest BCUT2D eigenvalue weighted by Gasteiger charge is -2.16. The average molecular weight is 338 g/mol. The highest BCUT2D eigenvalue weighted by Gasteiger charge is 2.20. The quantitative estimate of drug-likeness (QED) is 0.891. The lowest BCUT2D eigenvalue weighted by atomic mass is 10.0. The molecular weight excluding hydrogens is 321 g/mol. The van der Waals surface area contributed by atoms with Crippen molar-refractivity contribution in [1.82, 2.24) is 4.57 Å². The van der Waals surface area contributed by atoms with E-state index >= 15 is 0 Å². The fourth-order valence-electron chi connectivity index (χ4n) is 3.08. The van der Waals surface area contributed by atoms with Crippen molar-refractivity contribution in [2.24, 2.45) is 0 Å². The molecule has 0 bridgehead atoms. The van der Waals surface area contributed by atoms with E-state index in [4.69, 9.17) is 23.2 Å². The Morgan fingerprint density at radius 2 is 1.91 bits per heavy atom. The molecule has 1 aliphatic carbocycles. The van der Waals surface area contributed by atoms with Crippen LogP contribution in [0, 0.1) is 0 Å². The van der Waals surface area contributed by atoms with Crippen molar-refractivity contribution in [2.75, 3.05) is 0 Å². The predicted octanol–water partition coefficient (Wildman–Crippen LogP) is 4.57. The first kappa shape index (κ1) is 15.4. The van der Waals surface area contributed by atoms with Gasteiger partial charge in [-0.25, -0.2) is 0 Å². The summed E-state index contributed by atoms with van der Waals surface area (Å²) in [5, 5.41) is 11.1. The molecule has 1 aromatic heterocycles. The van der Waals surface area contributed by atoms with Crippen molar-refractivity contribution in [3.8, 4) is 5.75 Å². The van der Waals surface area contributed by atoms with Gasteiger partial charge in [-0.05, 0) is 36.6 Å². The molecule has 1 aliphatic rings. The van der Waals surface area contributed by atoms with Gasteiger partial charge < -0.3 is 9.67 Å². The van der Waals surface area contributed by atoms with E-state index in [9.17, 15) is 9.90 Å². The van der Waals surface area contributed by atoms with Crippen molar-refractivity contribution < 1.29 is 5.11 Å². The maximum Gasteiger partial charge on any atom is 0.258 e. The Morgan fingerprint density at radius 3 is 2.59 bits per heavy atom. The minimum Gasteiger partial charge on any atom is -0.507 e. The Morgan fingerprint density at radius 1 is 1.18 bits per heavy atom. The molecule has 0 amide bonds. The van der Waals surface area contributed by atoms with Crippen molar-refractivity contribution in [1.29, 1.82) is 0 Å². The topological polar surface area (TPSA) is 42.2 Å². The molecule has 0 radical (unpaired) electrons. The molecule has 5 heteroatoms. The molecule has 22 heavy (non-hydrogen) atoms. The third kappa shape index (κ3) is 3.01. The Balaban J connectivity index is 1.99. The standard InChI is InChI=1S/C17H17Cl2NO2/c18-12-6-5-11(15(19)10-12)9-14-16(21)7-8-20(17(14)22)13-3-1-2-4-13/h5-8,10,13,21H,1-4,9H2. The van der Waals surface area contributed by atoms with E-state index in [0.717, 1.165) is 31.2 Å². The summed E-state index contributed by atoms with van der Waals surface area (Å²) in [6.45, 7) is 0. The summed E-state index contributed by atoms with van der Waals surface area (Å²) in [6.07, 6.45) is 6.33. The molecular formula is C17H17Cl2NO2. The molecule has 0 saturated heterocycles. The van der Waals surface area contributed by atoms with Crippen molar-refractivity contribution in [2.45, 2.75) is 38.1 Å². The highest BCUT2D eigenvalue weighted by molar-refractivity contribution is 6.35. The van der Waals surface area contributed by atoms with Crippen LogP contribution in [0.5, 0.6) is 5.75 Å². The normalized spacial score (nSPS) is 15.4. The fraction of sp³-hybridized carbons (Fsp3) is 0.353. The van der Waals surface area contributed by atoms with Crippen LogP contribution >= 0.6 is 23.2 Å². The summed E-state index contributed by atoms with van der Waals surface area (Å²) in [4.78, 5) is 12.7. The maximum atomic E-state index is 12.7. The summed E-state index contributed by atoms with van der Waals surface area (Å²) >= 11 is 12.1. The molecule has 0 unspecified atom stereocenters. The molecule has 1 aromatic carbocycles. The minimum atomic E-state index is -0.127. The van der Waals surface area contributed by atoms with Gasteiger partial charge in [-0.2, -0.15) is 0 Å². The zero-order valence-electron chi connectivity index (χ0n) is 12.1. The average Bonchev–Trinajstić information content (AvgIpc) is 2.99. The number of pyridine rings is 1. The largest absolute Gasteiger partial charge is 0.507 e. The van der Waals surface area contributed by atoms with Gasteiger partial charge in [-0.3, -0.25) is 4.79 Å². The summed E-state index contributed by atoms with van der Waals surface area (Å²) in [5.41, 5.74) is 1.04. The third-order valence-electron chi connectivity index (χ3n) is 4.30. The molecule has 3 nitrogen and oxygen atoms in total.